The Bertz CT molecular complexity index is 3500. The van der Waals surface area contributed by atoms with Gasteiger partial charge in [-0.2, -0.15) is 5.10 Å². The largest absolute Gasteiger partial charge is 0.492 e. The molecule has 87 heavy (non-hydrogen) atoms. The number of sulfone groups is 1. The zero-order chi connectivity index (χ0) is 62.5. The Balaban J connectivity index is 0.774. The topological polar surface area (TPSA) is 248 Å². The van der Waals surface area contributed by atoms with E-state index in [0.29, 0.717) is 136 Å². The highest BCUT2D eigenvalue weighted by Gasteiger charge is 2.41. The molecule has 4 aliphatic heterocycles. The number of hydrogen-bond donors (Lipinski definition) is 2. The molecule has 2 N–H and O–H groups in total. The summed E-state index contributed by atoms with van der Waals surface area (Å²) in [6.45, 7) is 29.3. The van der Waals surface area contributed by atoms with Gasteiger partial charge in [-0.1, -0.05) is 0 Å². The maximum Gasteiger partial charge on any atom is 0.410 e. The third-order valence-corrected chi connectivity index (χ3v) is 20.2. The highest BCUT2D eigenvalue weighted by atomic mass is 32.2. The molecule has 0 spiro atoms. The number of hydrogen-bond acceptors (Lipinski definition) is 18. The first kappa shape index (κ1) is 64.2. The number of halogens is 1. The Morgan fingerprint density at radius 1 is 0.931 bits per heavy atom. The van der Waals surface area contributed by atoms with E-state index < -0.39 is 20.4 Å². The summed E-state index contributed by atoms with van der Waals surface area (Å²) >= 11 is 1.35. The molecule has 3 amide bonds. The Morgan fingerprint density at radius 2 is 1.67 bits per heavy atom. The number of nitrogens with one attached hydrogen (secondary N) is 2. The van der Waals surface area contributed by atoms with E-state index in [2.05, 4.69) is 73.7 Å². The summed E-state index contributed by atoms with van der Waals surface area (Å²) in [4.78, 5) is 91.9. The number of carbonyl (C=O) groups is 4. The van der Waals surface area contributed by atoms with Crippen molar-refractivity contribution >= 4 is 80.1 Å². The fourth-order valence-electron chi connectivity index (χ4n) is 11.5. The van der Waals surface area contributed by atoms with E-state index in [4.69, 9.17) is 9.47 Å². The van der Waals surface area contributed by atoms with Crippen LogP contribution in [0.1, 0.15) is 113 Å². The minimum absolute atomic E-state index is 0.0164. The highest BCUT2D eigenvalue weighted by molar-refractivity contribution is 7.92. The van der Waals surface area contributed by atoms with Gasteiger partial charge in [0.1, 0.15) is 39.3 Å². The molecule has 468 valence electrons. The zero-order valence-electron chi connectivity index (χ0n) is 51.6. The Morgan fingerprint density at radius 3 is 2.34 bits per heavy atom. The summed E-state index contributed by atoms with van der Waals surface area (Å²) in [7, 11) is -3.86. The predicted molar refractivity (Wildman–Crippen MR) is 333 cm³/mol. The number of nitrogens with zero attached hydrogens (tertiary/aromatic N) is 13. The SMILES string of the molecule is C=NC(=N/C=C(\C)C(=O)N1CCN(CCCOc2cc3ncnc(Nc4n[nH]c(C)c4C)c3cc2S(=O)(=O)C(C)(C)C)CC1)N1CCN(C[C@H]2CN(C(=O)OC(C)C)[C@H](C)CN2CC(=O)N2CCC[C@H]2c2nc(C(=O)c3ccc(F)cc3)cs2)[C@H](C)C1. The number of carbonyl (C=O) groups excluding carboxylic acids is 4. The molecule has 4 aliphatic rings. The van der Waals surface area contributed by atoms with Crippen LogP contribution in [0.5, 0.6) is 5.75 Å². The van der Waals surface area contributed by atoms with Crippen molar-refractivity contribution in [3.05, 3.63) is 93.2 Å². The molecule has 4 fully saturated rings. The van der Waals surface area contributed by atoms with E-state index >= 15 is 0 Å². The van der Waals surface area contributed by atoms with Gasteiger partial charge in [-0.15, -0.1) is 11.3 Å². The van der Waals surface area contributed by atoms with Crippen LogP contribution >= 0.6 is 11.3 Å². The predicted octanol–water partition coefficient (Wildman–Crippen LogP) is 7.28. The standard InChI is InChI=1S/C61H82FN15O8S2/c1-38(2)85-60(81)77-34-46(75(32-41(77)5)35-53(78)76-20-12-14-50(76)57-67-49(36-86-57)54(79)44-15-17-45(62)18-16-44)33-73-25-26-74(31-40(73)4)59(63-11)64-30-39(3)58(80)72-23-21-71(22-24-72)19-13-27-84-51-29-48-47(28-52(51)87(82,83)61(8,9)10)56(66-37-65-48)68-55-42(6)43(7)69-70-55/h15-18,28-30,36-38,40-41,46,50H,11-14,19-27,31-35H2,1-10H3,(H2,65,66,68,69,70)/b39-30+,64-59?/t40-,41-,46+,50+/m1/s1. The molecular weight excluding hydrogens is 1150 g/mol. The van der Waals surface area contributed by atoms with Crippen LogP contribution < -0.4 is 10.1 Å². The fourth-order valence-corrected chi connectivity index (χ4v) is 13.7. The molecule has 0 bridgehead atoms. The molecule has 2 aromatic carbocycles. The number of fused-ring (bicyclic) bond motifs is 1. The number of aromatic amines is 1. The number of anilines is 2. The van der Waals surface area contributed by atoms with Gasteiger partial charge in [0, 0.05) is 142 Å². The summed E-state index contributed by atoms with van der Waals surface area (Å²) in [6, 6.07) is 7.95. The normalized spacial score (nSPS) is 20.6. The minimum Gasteiger partial charge on any atom is -0.492 e. The maximum absolute atomic E-state index is 14.4. The van der Waals surface area contributed by atoms with Crippen molar-refractivity contribution in [3.63, 3.8) is 0 Å². The number of aliphatic imine (C=N–C) groups is 2. The Hall–Kier alpha value is -7.26. The van der Waals surface area contributed by atoms with E-state index in [-0.39, 0.29) is 83.5 Å². The van der Waals surface area contributed by atoms with Crippen LogP contribution in [-0.2, 0) is 24.2 Å². The van der Waals surface area contributed by atoms with Crippen molar-refractivity contribution in [1.82, 2.24) is 59.4 Å². The second kappa shape index (κ2) is 27.4. The number of benzene rings is 2. The van der Waals surface area contributed by atoms with Crippen LogP contribution in [0.15, 0.2) is 74.8 Å². The number of amides is 3. The highest BCUT2D eigenvalue weighted by Crippen LogP contribution is 2.38. The third kappa shape index (κ3) is 14.8. The first-order chi connectivity index (χ1) is 41.4. The van der Waals surface area contributed by atoms with Crippen molar-refractivity contribution < 1.29 is 41.5 Å². The lowest BCUT2D eigenvalue weighted by molar-refractivity contribution is -0.135. The molecule has 0 saturated carbocycles. The van der Waals surface area contributed by atoms with E-state index in [0.717, 1.165) is 17.7 Å². The molecule has 26 heteroatoms. The summed E-state index contributed by atoms with van der Waals surface area (Å²) in [5.74, 6) is 0.749. The van der Waals surface area contributed by atoms with E-state index in [1.807, 2.05) is 44.4 Å². The molecule has 0 radical (unpaired) electrons. The molecule has 3 aromatic heterocycles. The van der Waals surface area contributed by atoms with Crippen LogP contribution in [-0.4, -0.2) is 225 Å². The second-order valence-corrected chi connectivity index (χ2v) is 27.9. The fraction of sp³-hybridized carbons (Fsp3) is 0.541. The van der Waals surface area contributed by atoms with E-state index in [9.17, 15) is 32.0 Å². The van der Waals surface area contributed by atoms with Crippen molar-refractivity contribution in [2.24, 2.45) is 9.98 Å². The van der Waals surface area contributed by atoms with Gasteiger partial charge in [0.2, 0.25) is 17.6 Å². The molecule has 7 heterocycles. The Labute approximate surface area is 513 Å². The number of thiazole rings is 1. The van der Waals surface area contributed by atoms with Gasteiger partial charge in [-0.3, -0.25) is 34.2 Å². The van der Waals surface area contributed by atoms with Crippen molar-refractivity contribution in [3.8, 4) is 5.75 Å². The van der Waals surface area contributed by atoms with E-state index in [1.165, 1.54) is 41.9 Å². The van der Waals surface area contributed by atoms with Gasteiger partial charge < -0.3 is 34.4 Å². The minimum atomic E-state index is -3.86. The first-order valence-corrected chi connectivity index (χ1v) is 32.2. The molecule has 23 nitrogen and oxygen atoms in total. The monoisotopic (exact) mass is 1240 g/mol. The molecule has 5 aromatic rings. The summed E-state index contributed by atoms with van der Waals surface area (Å²) < 4.78 is 52.5. The van der Waals surface area contributed by atoms with Crippen LogP contribution in [0.3, 0.4) is 0 Å². The lowest BCUT2D eigenvalue weighted by Crippen LogP contribution is -2.65. The third-order valence-electron chi connectivity index (χ3n) is 16.8. The number of H-pyrrole nitrogens is 1. The molecule has 4 saturated heterocycles. The van der Waals surface area contributed by atoms with Gasteiger partial charge in [0.05, 0.1) is 35.6 Å². The lowest BCUT2D eigenvalue weighted by atomic mass is 10.0. The molecule has 9 rings (SSSR count). The van der Waals surface area contributed by atoms with Crippen molar-refractivity contribution in [1.29, 1.82) is 0 Å². The van der Waals surface area contributed by atoms with E-state index in [1.54, 1.807) is 56.3 Å². The molecule has 0 unspecified atom stereocenters. The van der Waals surface area contributed by atoms with Crippen LogP contribution in [0.2, 0.25) is 0 Å². The van der Waals surface area contributed by atoms with Gasteiger partial charge >= 0.3 is 6.09 Å². The number of likely N-dealkylation sites (tertiary alicyclic amines) is 1. The van der Waals surface area contributed by atoms with Gasteiger partial charge in [0.25, 0.3) is 5.91 Å². The average molecular weight is 1240 g/mol. The molecule has 0 aliphatic carbocycles. The number of piperazine rings is 3. The van der Waals surface area contributed by atoms with Gasteiger partial charge in [-0.05, 0) is 126 Å². The smallest absolute Gasteiger partial charge is 0.410 e. The quantitative estimate of drug-likeness (QED) is 0.0288. The van der Waals surface area contributed by atoms with Gasteiger partial charge in [-0.25, -0.2) is 42.5 Å². The van der Waals surface area contributed by atoms with Crippen molar-refractivity contribution in [2.45, 2.75) is 128 Å². The lowest BCUT2D eigenvalue weighted by Gasteiger charge is -2.48. The summed E-state index contributed by atoms with van der Waals surface area (Å²) in [6.07, 6.45) is 4.43. The summed E-state index contributed by atoms with van der Waals surface area (Å²) in [5, 5.41) is 13.4. The average Bonchev–Trinajstić information content (AvgIpc) is 1.40. The van der Waals surface area contributed by atoms with Crippen LogP contribution in [0.25, 0.3) is 10.9 Å². The zero-order valence-corrected chi connectivity index (χ0v) is 53.2. The number of ketones is 1. The molecular formula is C61H82FN15O8S2. The summed E-state index contributed by atoms with van der Waals surface area (Å²) in [5.41, 5.74) is 3.41. The second-order valence-electron chi connectivity index (χ2n) is 24.3. The van der Waals surface area contributed by atoms with Gasteiger partial charge in [0.15, 0.2) is 15.7 Å². The maximum atomic E-state index is 14.4. The number of rotatable bonds is 18. The van der Waals surface area contributed by atoms with Crippen LogP contribution in [0.4, 0.5) is 20.8 Å². The Kier molecular flexibility index (Phi) is 20.2. The van der Waals surface area contributed by atoms with Crippen molar-refractivity contribution in [2.75, 3.05) is 97.0 Å². The first-order valence-electron chi connectivity index (χ1n) is 29.8. The number of guanidine groups is 1. The number of ether oxygens (including phenoxy) is 2. The number of aryl methyl sites for hydroxylation is 1. The van der Waals surface area contributed by atoms with Crippen LogP contribution in [0, 0.1) is 19.7 Å². The number of aromatic nitrogens is 5. The molecule has 4 atom stereocenters.